The minimum absolute atomic E-state index is 0.123. The number of carbonyl (C=O) groups excluding carboxylic acids is 1. The van der Waals surface area contributed by atoms with Gasteiger partial charge in [0, 0.05) is 5.92 Å². The molecule has 2 aliphatic carbocycles. The Kier molecular flexibility index (Phi) is 3.11. The molecule has 18 heavy (non-hydrogen) atoms. The number of hydrogen-bond acceptors (Lipinski definition) is 1. The minimum Gasteiger partial charge on any atom is -0.349 e. The van der Waals surface area contributed by atoms with Gasteiger partial charge >= 0.3 is 0 Å². The Labute approximate surface area is 109 Å². The van der Waals surface area contributed by atoms with Crippen molar-refractivity contribution in [3.8, 4) is 0 Å². The highest BCUT2D eigenvalue weighted by Gasteiger charge is 2.43. The van der Waals surface area contributed by atoms with Crippen LogP contribution in [0.15, 0.2) is 30.3 Å². The van der Waals surface area contributed by atoms with Crippen LogP contribution < -0.4 is 5.32 Å². The Bertz CT molecular complexity index is 428. The van der Waals surface area contributed by atoms with E-state index in [-0.39, 0.29) is 17.9 Å². The molecule has 0 spiro atoms. The van der Waals surface area contributed by atoms with Gasteiger partial charge in [-0.1, -0.05) is 36.8 Å². The van der Waals surface area contributed by atoms with Crippen molar-refractivity contribution in [1.29, 1.82) is 0 Å². The molecule has 2 saturated carbocycles. The fourth-order valence-corrected chi connectivity index (χ4v) is 3.71. The highest BCUT2D eigenvalue weighted by molar-refractivity contribution is 5.80. The third kappa shape index (κ3) is 2.16. The zero-order valence-corrected chi connectivity index (χ0v) is 10.9. The summed E-state index contributed by atoms with van der Waals surface area (Å²) < 4.78 is 0. The maximum absolute atomic E-state index is 12.3. The molecule has 2 nitrogen and oxygen atoms in total. The first-order chi connectivity index (χ1) is 8.74. The first-order valence-corrected chi connectivity index (χ1v) is 7.09. The van der Waals surface area contributed by atoms with Crippen LogP contribution in [0.25, 0.3) is 0 Å². The molecule has 2 aliphatic rings. The lowest BCUT2D eigenvalue weighted by atomic mass is 9.88. The van der Waals surface area contributed by atoms with Crippen molar-refractivity contribution in [3.63, 3.8) is 0 Å². The second-order valence-corrected chi connectivity index (χ2v) is 5.92. The molecule has 1 amide bonds. The van der Waals surface area contributed by atoms with E-state index in [9.17, 15) is 4.79 Å². The summed E-state index contributed by atoms with van der Waals surface area (Å²) in [6, 6.07) is 10.3. The van der Waals surface area contributed by atoms with E-state index in [1.807, 2.05) is 18.2 Å². The van der Waals surface area contributed by atoms with E-state index < -0.39 is 0 Å². The zero-order chi connectivity index (χ0) is 12.5. The number of carbonyl (C=O) groups is 1. The molecule has 0 heterocycles. The van der Waals surface area contributed by atoms with E-state index in [4.69, 9.17) is 0 Å². The van der Waals surface area contributed by atoms with Crippen molar-refractivity contribution in [2.45, 2.75) is 38.6 Å². The Hall–Kier alpha value is -1.31. The van der Waals surface area contributed by atoms with Gasteiger partial charge in [-0.25, -0.2) is 0 Å². The molecule has 0 saturated heterocycles. The lowest BCUT2D eigenvalue weighted by molar-refractivity contribution is -0.127. The molecule has 0 radical (unpaired) electrons. The van der Waals surface area contributed by atoms with Crippen molar-refractivity contribution in [2.24, 2.45) is 17.8 Å². The Morgan fingerprint density at radius 2 is 2.00 bits per heavy atom. The summed E-state index contributed by atoms with van der Waals surface area (Å²) in [5, 5.41) is 3.18. The summed E-state index contributed by atoms with van der Waals surface area (Å²) in [6.07, 6.45) is 5.03. The van der Waals surface area contributed by atoms with Crippen LogP contribution >= 0.6 is 0 Å². The van der Waals surface area contributed by atoms with Gasteiger partial charge in [-0.2, -0.15) is 0 Å². The lowest BCUT2D eigenvalue weighted by Crippen LogP contribution is -2.35. The molecule has 0 aromatic heterocycles. The monoisotopic (exact) mass is 243 g/mol. The molecule has 1 N–H and O–H groups in total. The molecule has 0 aliphatic heterocycles. The normalized spacial score (nSPS) is 31.3. The van der Waals surface area contributed by atoms with Crippen LogP contribution in [0.3, 0.4) is 0 Å². The third-order valence-electron chi connectivity index (χ3n) is 4.73. The van der Waals surface area contributed by atoms with E-state index in [1.165, 1.54) is 24.8 Å². The average molecular weight is 243 g/mol. The number of benzene rings is 1. The van der Waals surface area contributed by atoms with Gasteiger partial charge in [0.2, 0.25) is 5.91 Å². The molecular formula is C16H21NO. The third-order valence-corrected chi connectivity index (χ3v) is 4.73. The topological polar surface area (TPSA) is 29.1 Å². The molecule has 96 valence electrons. The Morgan fingerprint density at radius 3 is 2.61 bits per heavy atom. The standard InChI is InChI=1S/C16H21NO/c1-11(13-5-3-2-4-6-13)17-16(18)15-10-12-7-8-14(15)9-12/h2-6,11-12,14-15H,7-10H2,1H3,(H,17,18). The highest BCUT2D eigenvalue weighted by atomic mass is 16.2. The summed E-state index contributed by atoms with van der Waals surface area (Å²) in [6.45, 7) is 2.07. The molecule has 2 fully saturated rings. The summed E-state index contributed by atoms with van der Waals surface area (Å²) in [5.74, 6) is 2.06. The van der Waals surface area contributed by atoms with Crippen molar-refractivity contribution >= 4 is 5.91 Å². The predicted molar refractivity (Wildman–Crippen MR) is 71.9 cm³/mol. The first kappa shape index (κ1) is 11.8. The quantitative estimate of drug-likeness (QED) is 0.867. The Morgan fingerprint density at radius 1 is 1.22 bits per heavy atom. The predicted octanol–water partition coefficient (Wildman–Crippen LogP) is 3.30. The van der Waals surface area contributed by atoms with E-state index in [2.05, 4.69) is 24.4 Å². The van der Waals surface area contributed by atoms with E-state index >= 15 is 0 Å². The zero-order valence-electron chi connectivity index (χ0n) is 10.9. The maximum atomic E-state index is 12.3. The van der Waals surface area contributed by atoms with Crippen LogP contribution in [-0.4, -0.2) is 5.91 Å². The van der Waals surface area contributed by atoms with Crippen LogP contribution in [0.5, 0.6) is 0 Å². The van der Waals surface area contributed by atoms with Crippen LogP contribution in [0.1, 0.15) is 44.2 Å². The van der Waals surface area contributed by atoms with Crippen LogP contribution in [-0.2, 0) is 4.79 Å². The smallest absolute Gasteiger partial charge is 0.223 e. The van der Waals surface area contributed by atoms with E-state index in [0.29, 0.717) is 5.92 Å². The summed E-state index contributed by atoms with van der Waals surface area (Å²) in [7, 11) is 0. The van der Waals surface area contributed by atoms with E-state index in [0.717, 1.165) is 12.3 Å². The van der Waals surface area contributed by atoms with Crippen LogP contribution in [0, 0.1) is 17.8 Å². The SMILES string of the molecule is CC(NC(=O)C1CC2CCC1C2)c1ccccc1. The number of amides is 1. The van der Waals surface area contributed by atoms with Crippen molar-refractivity contribution < 1.29 is 4.79 Å². The fraction of sp³-hybridized carbons (Fsp3) is 0.562. The summed E-state index contributed by atoms with van der Waals surface area (Å²) >= 11 is 0. The number of fused-ring (bicyclic) bond motifs is 2. The van der Waals surface area contributed by atoms with Crippen molar-refractivity contribution in [3.05, 3.63) is 35.9 Å². The number of hydrogen-bond donors (Lipinski definition) is 1. The molecule has 4 unspecified atom stereocenters. The second-order valence-electron chi connectivity index (χ2n) is 5.92. The first-order valence-electron chi connectivity index (χ1n) is 7.09. The van der Waals surface area contributed by atoms with Gasteiger partial charge in [-0.05, 0) is 43.6 Å². The van der Waals surface area contributed by atoms with Gasteiger partial charge in [-0.3, -0.25) is 4.79 Å². The van der Waals surface area contributed by atoms with Crippen molar-refractivity contribution in [2.75, 3.05) is 0 Å². The largest absolute Gasteiger partial charge is 0.349 e. The van der Waals surface area contributed by atoms with Gasteiger partial charge in [0.1, 0.15) is 0 Å². The van der Waals surface area contributed by atoms with Gasteiger partial charge < -0.3 is 5.32 Å². The summed E-state index contributed by atoms with van der Waals surface area (Å²) in [5.41, 5.74) is 1.19. The maximum Gasteiger partial charge on any atom is 0.223 e. The van der Waals surface area contributed by atoms with Gasteiger partial charge in [0.25, 0.3) is 0 Å². The highest BCUT2D eigenvalue weighted by Crippen LogP contribution is 2.48. The van der Waals surface area contributed by atoms with Gasteiger partial charge in [0.15, 0.2) is 0 Å². The second kappa shape index (κ2) is 4.75. The molecule has 4 atom stereocenters. The number of nitrogens with one attached hydrogen (secondary N) is 1. The lowest BCUT2D eigenvalue weighted by Gasteiger charge is -2.23. The van der Waals surface area contributed by atoms with Gasteiger partial charge in [-0.15, -0.1) is 0 Å². The molecular weight excluding hydrogens is 222 g/mol. The Balaban J connectivity index is 1.61. The molecule has 3 rings (SSSR count). The molecule has 1 aromatic carbocycles. The van der Waals surface area contributed by atoms with Crippen LogP contribution in [0.2, 0.25) is 0 Å². The average Bonchev–Trinajstić information content (AvgIpc) is 3.02. The van der Waals surface area contributed by atoms with Crippen LogP contribution in [0.4, 0.5) is 0 Å². The minimum atomic E-state index is 0.123. The molecule has 2 bridgehead atoms. The van der Waals surface area contributed by atoms with Gasteiger partial charge in [0.05, 0.1) is 6.04 Å². The molecule has 2 heteroatoms. The van der Waals surface area contributed by atoms with Crippen molar-refractivity contribution in [1.82, 2.24) is 5.32 Å². The summed E-state index contributed by atoms with van der Waals surface area (Å²) in [4.78, 5) is 12.3. The molecule has 1 aromatic rings. The fourth-order valence-electron chi connectivity index (χ4n) is 3.71. The van der Waals surface area contributed by atoms with E-state index in [1.54, 1.807) is 0 Å². The number of rotatable bonds is 3.